The first-order valence-corrected chi connectivity index (χ1v) is 6.68. The molecule has 0 amide bonds. The van der Waals surface area contributed by atoms with Crippen molar-refractivity contribution in [3.63, 3.8) is 0 Å². The molecule has 2 heteroatoms. The summed E-state index contributed by atoms with van der Waals surface area (Å²) in [6, 6.07) is 6.20. The van der Waals surface area contributed by atoms with Crippen LogP contribution >= 0.6 is 0 Å². The van der Waals surface area contributed by atoms with Crippen LogP contribution in [0.3, 0.4) is 0 Å². The highest BCUT2D eigenvalue weighted by Gasteiger charge is 2.26. The fourth-order valence-electron chi connectivity index (χ4n) is 2.81. The maximum absolute atomic E-state index is 5.86. The molecule has 0 heterocycles. The first kappa shape index (κ1) is 12.3. The molecule has 0 bridgehead atoms. The van der Waals surface area contributed by atoms with Crippen LogP contribution in [0.25, 0.3) is 0 Å². The van der Waals surface area contributed by atoms with Crippen molar-refractivity contribution in [2.45, 2.75) is 46.0 Å². The Labute approximate surface area is 105 Å². The molecule has 0 saturated heterocycles. The normalized spacial score (nSPS) is 18.9. The summed E-state index contributed by atoms with van der Waals surface area (Å²) >= 11 is 0. The molecule has 1 aromatic carbocycles. The molecule has 0 aliphatic heterocycles. The highest BCUT2D eigenvalue weighted by molar-refractivity contribution is 5.56. The Kier molecular flexibility index (Phi) is 3.60. The molecular formula is C15H24N2. The second-order valence-corrected chi connectivity index (χ2v) is 5.86. The van der Waals surface area contributed by atoms with Crippen molar-refractivity contribution in [3.8, 4) is 0 Å². The summed E-state index contributed by atoms with van der Waals surface area (Å²) in [5.74, 6) is 0. The van der Waals surface area contributed by atoms with E-state index < -0.39 is 0 Å². The number of aryl methyl sites for hydroxylation is 1. The number of benzene rings is 1. The lowest BCUT2D eigenvalue weighted by Crippen LogP contribution is -2.28. The summed E-state index contributed by atoms with van der Waals surface area (Å²) in [5, 5.41) is 3.56. The molecular weight excluding hydrogens is 208 g/mol. The zero-order valence-electron chi connectivity index (χ0n) is 11.1. The maximum atomic E-state index is 5.86. The van der Waals surface area contributed by atoms with Crippen LogP contribution in [-0.4, -0.2) is 6.54 Å². The Morgan fingerprint density at radius 3 is 2.53 bits per heavy atom. The van der Waals surface area contributed by atoms with Gasteiger partial charge in [0.15, 0.2) is 0 Å². The van der Waals surface area contributed by atoms with Gasteiger partial charge >= 0.3 is 0 Å². The quantitative estimate of drug-likeness (QED) is 0.774. The summed E-state index contributed by atoms with van der Waals surface area (Å²) in [6.07, 6.45) is 6.87. The van der Waals surface area contributed by atoms with Crippen molar-refractivity contribution in [1.29, 1.82) is 0 Å². The van der Waals surface area contributed by atoms with E-state index in [9.17, 15) is 0 Å². The Morgan fingerprint density at radius 2 is 1.88 bits per heavy atom. The Hall–Kier alpha value is -1.18. The number of nitrogens with two attached hydrogens (primary N) is 1. The van der Waals surface area contributed by atoms with Gasteiger partial charge in [0.2, 0.25) is 0 Å². The number of hydrogen-bond acceptors (Lipinski definition) is 2. The lowest BCUT2D eigenvalue weighted by molar-refractivity contribution is 0.233. The van der Waals surface area contributed by atoms with Crippen molar-refractivity contribution >= 4 is 11.4 Å². The zero-order valence-corrected chi connectivity index (χ0v) is 11.1. The van der Waals surface area contributed by atoms with Crippen LogP contribution in [0.4, 0.5) is 11.4 Å². The SMILES string of the molecule is Cc1cc(N)cc(NCC2(C)CCCCC2)c1. The largest absolute Gasteiger partial charge is 0.399 e. The van der Waals surface area contributed by atoms with Gasteiger partial charge in [0.1, 0.15) is 0 Å². The van der Waals surface area contributed by atoms with Crippen LogP contribution in [0.1, 0.15) is 44.6 Å². The lowest BCUT2D eigenvalue weighted by Gasteiger charge is -2.34. The van der Waals surface area contributed by atoms with Gasteiger partial charge in [0.25, 0.3) is 0 Å². The standard InChI is InChI=1S/C15H24N2/c1-12-8-13(16)10-14(9-12)17-11-15(2)6-4-3-5-7-15/h8-10,17H,3-7,11,16H2,1-2H3. The zero-order chi connectivity index (χ0) is 12.3. The third kappa shape index (κ3) is 3.39. The first-order valence-electron chi connectivity index (χ1n) is 6.68. The average molecular weight is 232 g/mol. The third-order valence-electron chi connectivity index (χ3n) is 3.88. The van der Waals surface area contributed by atoms with E-state index >= 15 is 0 Å². The van der Waals surface area contributed by atoms with Gasteiger partial charge in [-0.05, 0) is 48.9 Å². The molecule has 1 fully saturated rings. The molecule has 1 aromatic rings. The molecule has 0 aromatic heterocycles. The van der Waals surface area contributed by atoms with Crippen molar-refractivity contribution in [3.05, 3.63) is 23.8 Å². The molecule has 0 radical (unpaired) electrons. The molecule has 1 saturated carbocycles. The van der Waals surface area contributed by atoms with E-state index in [1.807, 2.05) is 12.1 Å². The van der Waals surface area contributed by atoms with E-state index in [1.54, 1.807) is 0 Å². The average Bonchev–Trinajstić information content (AvgIpc) is 2.26. The first-order chi connectivity index (χ1) is 8.07. The minimum absolute atomic E-state index is 0.469. The summed E-state index contributed by atoms with van der Waals surface area (Å²) in [4.78, 5) is 0. The predicted molar refractivity (Wildman–Crippen MR) is 75.3 cm³/mol. The third-order valence-corrected chi connectivity index (χ3v) is 3.88. The molecule has 0 atom stereocenters. The summed E-state index contributed by atoms with van der Waals surface area (Å²) < 4.78 is 0. The van der Waals surface area contributed by atoms with Crippen LogP contribution in [0.15, 0.2) is 18.2 Å². The monoisotopic (exact) mass is 232 g/mol. The van der Waals surface area contributed by atoms with Gasteiger partial charge in [-0.1, -0.05) is 26.2 Å². The van der Waals surface area contributed by atoms with E-state index in [-0.39, 0.29) is 0 Å². The van der Waals surface area contributed by atoms with E-state index in [2.05, 4.69) is 25.2 Å². The molecule has 0 unspecified atom stereocenters. The highest BCUT2D eigenvalue weighted by Crippen LogP contribution is 2.35. The summed E-state index contributed by atoms with van der Waals surface area (Å²) in [5.41, 5.74) is 9.56. The highest BCUT2D eigenvalue weighted by atomic mass is 14.9. The Morgan fingerprint density at radius 1 is 1.18 bits per heavy atom. The fourth-order valence-corrected chi connectivity index (χ4v) is 2.81. The van der Waals surface area contributed by atoms with Gasteiger partial charge in [-0.25, -0.2) is 0 Å². The summed E-state index contributed by atoms with van der Waals surface area (Å²) in [6.45, 7) is 5.55. The molecule has 0 spiro atoms. The number of anilines is 2. The van der Waals surface area contributed by atoms with Crippen molar-refractivity contribution in [2.24, 2.45) is 5.41 Å². The topological polar surface area (TPSA) is 38.0 Å². The van der Waals surface area contributed by atoms with Crippen LogP contribution < -0.4 is 11.1 Å². The van der Waals surface area contributed by atoms with Gasteiger partial charge in [0, 0.05) is 17.9 Å². The van der Waals surface area contributed by atoms with E-state index in [1.165, 1.54) is 37.7 Å². The molecule has 2 nitrogen and oxygen atoms in total. The van der Waals surface area contributed by atoms with Crippen LogP contribution in [0.2, 0.25) is 0 Å². The van der Waals surface area contributed by atoms with Gasteiger partial charge in [-0.3, -0.25) is 0 Å². The fraction of sp³-hybridized carbons (Fsp3) is 0.600. The second kappa shape index (κ2) is 4.99. The van der Waals surface area contributed by atoms with Gasteiger partial charge < -0.3 is 11.1 Å². The van der Waals surface area contributed by atoms with Gasteiger partial charge in [0.05, 0.1) is 0 Å². The maximum Gasteiger partial charge on any atom is 0.0363 e. The Balaban J connectivity index is 1.96. The van der Waals surface area contributed by atoms with Gasteiger partial charge in [-0.2, -0.15) is 0 Å². The van der Waals surface area contributed by atoms with E-state index in [4.69, 9.17) is 5.73 Å². The second-order valence-electron chi connectivity index (χ2n) is 5.86. The van der Waals surface area contributed by atoms with Crippen LogP contribution in [0, 0.1) is 12.3 Å². The van der Waals surface area contributed by atoms with Crippen LogP contribution in [0.5, 0.6) is 0 Å². The van der Waals surface area contributed by atoms with Crippen molar-refractivity contribution in [1.82, 2.24) is 0 Å². The predicted octanol–water partition coefficient (Wildman–Crippen LogP) is 3.96. The van der Waals surface area contributed by atoms with Crippen LogP contribution in [-0.2, 0) is 0 Å². The molecule has 94 valence electrons. The van der Waals surface area contributed by atoms with E-state index in [0.717, 1.165) is 17.9 Å². The smallest absolute Gasteiger partial charge is 0.0363 e. The molecule has 17 heavy (non-hydrogen) atoms. The molecule has 2 rings (SSSR count). The number of rotatable bonds is 3. The number of nitrogens with one attached hydrogen (secondary N) is 1. The van der Waals surface area contributed by atoms with Crippen molar-refractivity contribution in [2.75, 3.05) is 17.6 Å². The lowest BCUT2D eigenvalue weighted by atomic mass is 9.76. The molecule has 1 aliphatic carbocycles. The minimum atomic E-state index is 0.469. The Bertz CT molecular complexity index is 358. The van der Waals surface area contributed by atoms with Gasteiger partial charge in [-0.15, -0.1) is 0 Å². The summed E-state index contributed by atoms with van der Waals surface area (Å²) in [7, 11) is 0. The van der Waals surface area contributed by atoms with Crippen molar-refractivity contribution < 1.29 is 0 Å². The van der Waals surface area contributed by atoms with E-state index in [0.29, 0.717) is 5.41 Å². The minimum Gasteiger partial charge on any atom is -0.399 e. The molecule has 3 N–H and O–H groups in total. The number of nitrogen functional groups attached to an aromatic ring is 1. The number of hydrogen-bond donors (Lipinski definition) is 2. The molecule has 1 aliphatic rings.